The van der Waals surface area contributed by atoms with Gasteiger partial charge < -0.3 is 4.98 Å². The maximum atomic E-state index is 4.04. The Morgan fingerprint density at radius 2 is 2.54 bits per heavy atom. The van der Waals surface area contributed by atoms with Crippen molar-refractivity contribution in [3.63, 3.8) is 0 Å². The Morgan fingerprint density at radius 3 is 3.31 bits per heavy atom. The van der Waals surface area contributed by atoms with Gasteiger partial charge in [-0.2, -0.15) is 0 Å². The summed E-state index contributed by atoms with van der Waals surface area (Å²) in [5, 5.41) is 0. The van der Waals surface area contributed by atoms with E-state index < -0.39 is 0 Å². The number of aromatic nitrogens is 2. The lowest BCUT2D eigenvalue weighted by molar-refractivity contribution is 0.596. The molecule has 1 aromatic heterocycles. The molecule has 2 aliphatic carbocycles. The predicted molar refractivity (Wildman–Crippen MR) is 51.1 cm³/mol. The molecular formula is C11H12N2. The van der Waals surface area contributed by atoms with Crippen LogP contribution in [0.25, 0.3) is 0 Å². The van der Waals surface area contributed by atoms with E-state index in [-0.39, 0.29) is 0 Å². The molecule has 13 heavy (non-hydrogen) atoms. The van der Waals surface area contributed by atoms with Crippen molar-refractivity contribution in [3.8, 4) is 0 Å². The molecule has 0 radical (unpaired) electrons. The molecule has 1 N–H and O–H groups in total. The van der Waals surface area contributed by atoms with E-state index in [9.17, 15) is 0 Å². The van der Waals surface area contributed by atoms with Gasteiger partial charge >= 0.3 is 0 Å². The zero-order valence-electron chi connectivity index (χ0n) is 7.40. The van der Waals surface area contributed by atoms with E-state index >= 15 is 0 Å². The summed E-state index contributed by atoms with van der Waals surface area (Å²) in [5.41, 5.74) is 1.68. The zero-order chi connectivity index (χ0) is 8.73. The number of aromatic amines is 1. The van der Waals surface area contributed by atoms with E-state index in [0.717, 1.165) is 12.3 Å². The van der Waals surface area contributed by atoms with Crippen molar-refractivity contribution in [2.24, 2.45) is 11.3 Å². The van der Waals surface area contributed by atoms with Gasteiger partial charge in [-0.3, -0.25) is 0 Å². The molecule has 0 aliphatic heterocycles. The van der Waals surface area contributed by atoms with E-state index in [2.05, 4.69) is 34.3 Å². The number of fused-ring (bicyclic) bond motifs is 1. The highest BCUT2D eigenvalue weighted by atomic mass is 14.9. The molecule has 0 spiro atoms. The van der Waals surface area contributed by atoms with Crippen LogP contribution in [-0.4, -0.2) is 9.97 Å². The number of allylic oxidation sites excluding steroid dienone is 4. The van der Waals surface area contributed by atoms with Crippen LogP contribution in [0, 0.1) is 11.3 Å². The largest absolute Gasteiger partial charge is 0.348 e. The van der Waals surface area contributed by atoms with Crippen LogP contribution < -0.4 is 0 Å². The van der Waals surface area contributed by atoms with Crippen LogP contribution in [0.5, 0.6) is 0 Å². The third-order valence-corrected chi connectivity index (χ3v) is 3.14. The Balaban J connectivity index is 1.82. The Morgan fingerprint density at radius 1 is 1.54 bits per heavy atom. The summed E-state index contributed by atoms with van der Waals surface area (Å²) >= 11 is 0. The first-order valence-corrected chi connectivity index (χ1v) is 4.72. The second kappa shape index (κ2) is 2.34. The minimum atomic E-state index is 0.432. The molecule has 1 heterocycles. The molecule has 2 atom stereocenters. The van der Waals surface area contributed by atoms with Crippen molar-refractivity contribution in [3.05, 3.63) is 42.5 Å². The van der Waals surface area contributed by atoms with Gasteiger partial charge in [0.15, 0.2) is 0 Å². The van der Waals surface area contributed by atoms with Gasteiger partial charge in [-0.25, -0.2) is 4.98 Å². The second-order valence-electron chi connectivity index (χ2n) is 4.04. The number of rotatable bonds is 2. The van der Waals surface area contributed by atoms with Gasteiger partial charge in [0, 0.05) is 17.3 Å². The van der Waals surface area contributed by atoms with Crippen molar-refractivity contribution in [1.29, 1.82) is 0 Å². The molecule has 0 bridgehead atoms. The van der Waals surface area contributed by atoms with E-state index in [0.29, 0.717) is 5.41 Å². The van der Waals surface area contributed by atoms with E-state index in [4.69, 9.17) is 0 Å². The van der Waals surface area contributed by atoms with Gasteiger partial charge in [0.1, 0.15) is 0 Å². The smallest absolute Gasteiger partial charge is 0.0921 e. The molecule has 1 aromatic rings. The van der Waals surface area contributed by atoms with Crippen molar-refractivity contribution >= 4 is 0 Å². The van der Waals surface area contributed by atoms with E-state index in [1.54, 1.807) is 6.33 Å². The lowest BCUT2D eigenvalue weighted by Gasteiger charge is -2.11. The number of nitrogens with one attached hydrogen (secondary N) is 1. The molecule has 2 heteroatoms. The standard InChI is InChI=1S/C11H12N2/c1-2-4-11(5-9(11)3-1)6-10-7-12-8-13-10/h1-4,7-9H,5-6H2,(H,12,13). The lowest BCUT2D eigenvalue weighted by atomic mass is 9.94. The average molecular weight is 172 g/mol. The minimum Gasteiger partial charge on any atom is -0.348 e. The number of imidazole rings is 1. The summed E-state index contributed by atoms with van der Waals surface area (Å²) in [6, 6.07) is 0. The fraction of sp³-hybridized carbons (Fsp3) is 0.364. The van der Waals surface area contributed by atoms with Crippen molar-refractivity contribution in [1.82, 2.24) is 9.97 Å². The lowest BCUT2D eigenvalue weighted by Crippen LogP contribution is -2.06. The fourth-order valence-corrected chi connectivity index (χ4v) is 2.25. The first-order valence-electron chi connectivity index (χ1n) is 4.72. The SMILES string of the molecule is C1=CC2CC2(Cc2cnc[nH]2)C=C1. The average Bonchev–Trinajstić information content (AvgIpc) is 2.63. The van der Waals surface area contributed by atoms with Crippen molar-refractivity contribution in [2.45, 2.75) is 12.8 Å². The summed E-state index contributed by atoms with van der Waals surface area (Å²) in [6.07, 6.45) is 15.1. The normalized spacial score (nSPS) is 34.6. The van der Waals surface area contributed by atoms with Crippen LogP contribution in [0.4, 0.5) is 0 Å². The van der Waals surface area contributed by atoms with Crippen LogP contribution in [0.2, 0.25) is 0 Å². The van der Waals surface area contributed by atoms with Crippen molar-refractivity contribution < 1.29 is 0 Å². The highest BCUT2D eigenvalue weighted by molar-refractivity contribution is 5.31. The Labute approximate surface area is 77.4 Å². The number of hydrogen-bond donors (Lipinski definition) is 1. The molecule has 1 saturated carbocycles. The third kappa shape index (κ3) is 1.05. The molecule has 2 nitrogen and oxygen atoms in total. The Kier molecular flexibility index (Phi) is 1.29. The van der Waals surface area contributed by atoms with Gasteiger partial charge in [0.25, 0.3) is 0 Å². The van der Waals surface area contributed by atoms with Gasteiger partial charge in [-0.15, -0.1) is 0 Å². The fourth-order valence-electron chi connectivity index (χ4n) is 2.25. The summed E-state index contributed by atoms with van der Waals surface area (Å²) < 4.78 is 0. The van der Waals surface area contributed by atoms with Crippen LogP contribution in [0.1, 0.15) is 12.1 Å². The van der Waals surface area contributed by atoms with Gasteiger partial charge in [0.05, 0.1) is 6.33 Å². The summed E-state index contributed by atoms with van der Waals surface area (Å²) in [4.78, 5) is 7.21. The van der Waals surface area contributed by atoms with Crippen LogP contribution in [-0.2, 0) is 6.42 Å². The molecular weight excluding hydrogens is 160 g/mol. The van der Waals surface area contributed by atoms with Gasteiger partial charge in [-0.1, -0.05) is 24.3 Å². The minimum absolute atomic E-state index is 0.432. The molecule has 66 valence electrons. The third-order valence-electron chi connectivity index (χ3n) is 3.14. The Hall–Kier alpha value is -1.31. The van der Waals surface area contributed by atoms with Gasteiger partial charge in [0.2, 0.25) is 0 Å². The number of H-pyrrole nitrogens is 1. The molecule has 3 rings (SSSR count). The van der Waals surface area contributed by atoms with Crippen molar-refractivity contribution in [2.75, 3.05) is 0 Å². The molecule has 0 aromatic carbocycles. The quantitative estimate of drug-likeness (QED) is 0.727. The molecule has 1 fully saturated rings. The molecule has 0 amide bonds. The summed E-state index contributed by atoms with van der Waals surface area (Å²) in [7, 11) is 0. The summed E-state index contributed by atoms with van der Waals surface area (Å²) in [5.74, 6) is 0.779. The zero-order valence-corrected chi connectivity index (χ0v) is 7.40. The number of hydrogen-bond acceptors (Lipinski definition) is 1. The molecule has 2 aliphatic rings. The maximum absolute atomic E-state index is 4.04. The first-order chi connectivity index (χ1) is 6.39. The predicted octanol–water partition coefficient (Wildman–Crippen LogP) is 2.08. The van der Waals surface area contributed by atoms with Crippen LogP contribution in [0.15, 0.2) is 36.8 Å². The van der Waals surface area contributed by atoms with E-state index in [1.807, 2.05) is 6.20 Å². The molecule has 2 unspecified atom stereocenters. The second-order valence-corrected chi connectivity index (χ2v) is 4.04. The monoisotopic (exact) mass is 172 g/mol. The van der Waals surface area contributed by atoms with E-state index in [1.165, 1.54) is 12.1 Å². The number of nitrogens with zero attached hydrogens (tertiary/aromatic N) is 1. The van der Waals surface area contributed by atoms with Gasteiger partial charge in [-0.05, 0) is 18.8 Å². The highest BCUT2D eigenvalue weighted by Crippen LogP contribution is 2.57. The van der Waals surface area contributed by atoms with Crippen LogP contribution >= 0.6 is 0 Å². The van der Waals surface area contributed by atoms with Crippen LogP contribution in [0.3, 0.4) is 0 Å². The highest BCUT2D eigenvalue weighted by Gasteiger charge is 2.51. The topological polar surface area (TPSA) is 28.7 Å². The Bertz CT molecular complexity index is 361. The summed E-state index contributed by atoms with van der Waals surface area (Å²) in [6.45, 7) is 0. The first kappa shape index (κ1) is 7.13. The maximum Gasteiger partial charge on any atom is 0.0921 e. The molecule has 0 saturated heterocycles.